The fraction of sp³-hybridized carbons (Fsp3) is 0.727. The Morgan fingerprint density at radius 1 is 1.28 bits per heavy atom. The summed E-state index contributed by atoms with van der Waals surface area (Å²) in [6.07, 6.45) is 0.462. The molecule has 1 aromatic rings. The fourth-order valence-corrected chi connectivity index (χ4v) is 4.71. The van der Waals surface area contributed by atoms with Crippen molar-refractivity contribution in [3.63, 3.8) is 0 Å². The third kappa shape index (κ3) is 8.16. The van der Waals surface area contributed by atoms with Gasteiger partial charge < -0.3 is 26.0 Å². The first-order chi connectivity index (χ1) is 17.3. The van der Waals surface area contributed by atoms with Crippen LogP contribution in [0.4, 0.5) is 0 Å². The number of imide groups is 1. The number of ether oxygens (including phenoxy) is 1. The van der Waals surface area contributed by atoms with Crippen LogP contribution >= 0.6 is 24.4 Å². The number of nitrogens with two attached hydrogens (primary N) is 1. The summed E-state index contributed by atoms with van der Waals surface area (Å²) in [7, 11) is 0. The van der Waals surface area contributed by atoms with Crippen molar-refractivity contribution in [1.29, 1.82) is 0 Å². The zero-order valence-corrected chi connectivity index (χ0v) is 22.2. The van der Waals surface area contributed by atoms with Gasteiger partial charge in [-0.1, -0.05) is 6.42 Å². The third-order valence-electron chi connectivity index (χ3n) is 5.64. The lowest BCUT2D eigenvalue weighted by atomic mass is 10.2. The summed E-state index contributed by atoms with van der Waals surface area (Å²) in [5.41, 5.74) is 3.83. The second-order valence-electron chi connectivity index (χ2n) is 8.45. The summed E-state index contributed by atoms with van der Waals surface area (Å²) in [6, 6.07) is 0. The van der Waals surface area contributed by atoms with E-state index in [-0.39, 0.29) is 24.9 Å². The number of nitrogens with zero attached hydrogens (tertiary/aromatic N) is 3. The molecule has 1 saturated heterocycles. The van der Waals surface area contributed by atoms with Gasteiger partial charge in [-0.3, -0.25) is 19.0 Å². The fourth-order valence-electron chi connectivity index (χ4n) is 3.78. The zero-order valence-electron chi connectivity index (χ0n) is 20.5. The Kier molecular flexibility index (Phi) is 13.2. The summed E-state index contributed by atoms with van der Waals surface area (Å²) in [5.74, 6) is 0.806. The van der Waals surface area contributed by atoms with Crippen LogP contribution in [0, 0.1) is 6.92 Å². The molecule has 12 nitrogen and oxygen atoms in total. The van der Waals surface area contributed by atoms with Crippen LogP contribution in [0.5, 0.6) is 0 Å². The number of aryl methyl sites for hydroxylation is 1. The number of carbonyl (C=O) groups is 2. The molecule has 2 amide bonds. The first kappa shape index (κ1) is 30.5. The van der Waals surface area contributed by atoms with Crippen LogP contribution in [0.15, 0.2) is 15.8 Å². The molecular weight excluding hydrogens is 510 g/mol. The van der Waals surface area contributed by atoms with E-state index in [1.807, 2.05) is 0 Å². The number of hydrogen-bond acceptors (Lipinski definition) is 11. The molecule has 36 heavy (non-hydrogen) atoms. The molecule has 0 bridgehead atoms. The number of rotatable bonds is 15. The molecule has 0 aliphatic carbocycles. The van der Waals surface area contributed by atoms with E-state index in [2.05, 4.69) is 17.9 Å². The van der Waals surface area contributed by atoms with Gasteiger partial charge in [0.15, 0.2) is 0 Å². The Bertz CT molecular complexity index is 987. The molecule has 14 heteroatoms. The highest BCUT2D eigenvalue weighted by atomic mass is 32.2. The van der Waals surface area contributed by atoms with E-state index in [0.717, 1.165) is 28.9 Å². The SMILES string of the molecule is Cc1cn([C@H]2C[C@H](O)[C@@H](CO)O2)c(=O)n(N(C(=O)CCCCCSCCN)C(=O)CNCCS)c1=O. The van der Waals surface area contributed by atoms with E-state index in [0.29, 0.717) is 34.9 Å². The highest BCUT2D eigenvalue weighted by Crippen LogP contribution is 2.27. The summed E-state index contributed by atoms with van der Waals surface area (Å²) in [6.45, 7) is 1.73. The molecule has 0 spiro atoms. The lowest BCUT2D eigenvalue weighted by Gasteiger charge is -2.24. The van der Waals surface area contributed by atoms with Gasteiger partial charge in [0.05, 0.1) is 19.3 Å². The summed E-state index contributed by atoms with van der Waals surface area (Å²) < 4.78 is 7.18. The predicted octanol–water partition coefficient (Wildman–Crippen LogP) is -1.28. The van der Waals surface area contributed by atoms with E-state index in [4.69, 9.17) is 10.5 Å². The second-order valence-corrected chi connectivity index (χ2v) is 10.1. The number of aromatic nitrogens is 2. The topological polar surface area (TPSA) is 169 Å². The van der Waals surface area contributed by atoms with Crippen LogP contribution in [0.3, 0.4) is 0 Å². The minimum Gasteiger partial charge on any atom is -0.394 e. The molecule has 3 atom stereocenters. The average Bonchev–Trinajstić information content (AvgIpc) is 3.23. The van der Waals surface area contributed by atoms with Gasteiger partial charge in [0.2, 0.25) is 5.91 Å². The standard InChI is InChI=1S/C22H37N5O7S2/c1-15-13-25(20-11-16(29)17(14-28)34-20)22(33)27(21(15)32)26(19(31)12-24-7-8-35)18(30)5-3-2-4-9-36-10-6-23/h13,16-17,20,24,28-29,35H,2-12,14,23H2,1H3/t16-,17+,20+/m0/s1. The molecule has 2 heterocycles. The molecule has 2 rings (SSSR count). The van der Waals surface area contributed by atoms with Gasteiger partial charge in [-0.05, 0) is 25.5 Å². The zero-order chi connectivity index (χ0) is 26.7. The molecule has 204 valence electrons. The molecule has 1 aliphatic heterocycles. The number of thioether (sulfide) groups is 1. The van der Waals surface area contributed by atoms with Gasteiger partial charge >= 0.3 is 5.69 Å². The molecule has 5 N–H and O–H groups in total. The number of aliphatic hydroxyl groups is 2. The summed E-state index contributed by atoms with van der Waals surface area (Å²) >= 11 is 5.81. The van der Waals surface area contributed by atoms with Crippen LogP contribution in [-0.4, -0.2) is 87.0 Å². The van der Waals surface area contributed by atoms with Crippen molar-refractivity contribution in [2.45, 2.75) is 57.5 Å². The van der Waals surface area contributed by atoms with Crippen molar-refractivity contribution >= 4 is 36.2 Å². The number of unbranched alkanes of at least 4 members (excludes halogenated alkanes) is 2. The molecule has 1 fully saturated rings. The van der Waals surface area contributed by atoms with Crippen molar-refractivity contribution in [1.82, 2.24) is 14.6 Å². The largest absolute Gasteiger partial charge is 0.394 e. The van der Waals surface area contributed by atoms with Gasteiger partial charge in [0.25, 0.3) is 11.5 Å². The van der Waals surface area contributed by atoms with E-state index in [9.17, 15) is 29.4 Å². The maximum absolute atomic E-state index is 13.4. The van der Waals surface area contributed by atoms with E-state index in [1.54, 1.807) is 11.8 Å². The molecular formula is C22H37N5O7S2. The lowest BCUT2D eigenvalue weighted by Crippen LogP contribution is -2.60. The van der Waals surface area contributed by atoms with Crippen LogP contribution in [0.2, 0.25) is 0 Å². The van der Waals surface area contributed by atoms with Crippen LogP contribution in [0.25, 0.3) is 0 Å². The van der Waals surface area contributed by atoms with Gasteiger partial charge in [-0.15, -0.1) is 0 Å². The van der Waals surface area contributed by atoms with Crippen LogP contribution < -0.4 is 27.3 Å². The van der Waals surface area contributed by atoms with E-state index < -0.39 is 48.1 Å². The molecule has 0 radical (unpaired) electrons. The van der Waals surface area contributed by atoms with E-state index in [1.165, 1.54) is 13.1 Å². The second kappa shape index (κ2) is 15.5. The highest BCUT2D eigenvalue weighted by Gasteiger charge is 2.36. The van der Waals surface area contributed by atoms with Crippen LogP contribution in [0.1, 0.15) is 43.9 Å². The predicted molar refractivity (Wildman–Crippen MR) is 141 cm³/mol. The Balaban J connectivity index is 2.32. The molecule has 1 aliphatic rings. The minimum absolute atomic E-state index is 0.00363. The Morgan fingerprint density at radius 3 is 2.67 bits per heavy atom. The molecule has 1 aromatic heterocycles. The first-order valence-electron chi connectivity index (χ1n) is 12.0. The smallest absolute Gasteiger partial charge is 0.353 e. The Hall–Kier alpha value is -1.68. The Morgan fingerprint density at radius 2 is 2.03 bits per heavy atom. The van der Waals surface area contributed by atoms with Crippen molar-refractivity contribution in [3.8, 4) is 0 Å². The number of aliphatic hydroxyl groups excluding tert-OH is 2. The van der Waals surface area contributed by atoms with Gasteiger partial charge in [-0.25, -0.2) is 4.79 Å². The maximum atomic E-state index is 13.4. The number of carbonyl (C=O) groups excluding carboxylic acids is 2. The Labute approximate surface area is 219 Å². The number of nitrogens with one attached hydrogen (secondary N) is 1. The normalized spacial score (nSPS) is 19.5. The van der Waals surface area contributed by atoms with Gasteiger partial charge in [0, 0.05) is 49.2 Å². The van der Waals surface area contributed by atoms with E-state index >= 15 is 0 Å². The summed E-state index contributed by atoms with van der Waals surface area (Å²) in [5, 5.41) is 22.9. The lowest BCUT2D eigenvalue weighted by molar-refractivity contribution is -0.128. The maximum Gasteiger partial charge on any atom is 0.353 e. The monoisotopic (exact) mass is 547 g/mol. The average molecular weight is 548 g/mol. The van der Waals surface area contributed by atoms with Crippen molar-refractivity contribution in [3.05, 3.63) is 32.6 Å². The highest BCUT2D eigenvalue weighted by molar-refractivity contribution is 7.99. The molecule has 0 saturated carbocycles. The van der Waals surface area contributed by atoms with Crippen molar-refractivity contribution < 1.29 is 24.5 Å². The number of amides is 2. The van der Waals surface area contributed by atoms with Crippen molar-refractivity contribution in [2.75, 3.05) is 48.5 Å². The molecule has 0 aromatic carbocycles. The first-order valence-corrected chi connectivity index (χ1v) is 13.8. The number of hydrogen-bond donors (Lipinski definition) is 5. The minimum atomic E-state index is -1.01. The van der Waals surface area contributed by atoms with Gasteiger partial charge in [0.1, 0.15) is 12.3 Å². The third-order valence-corrected chi connectivity index (χ3v) is 6.96. The van der Waals surface area contributed by atoms with Crippen molar-refractivity contribution in [2.24, 2.45) is 5.73 Å². The van der Waals surface area contributed by atoms with Crippen LogP contribution in [-0.2, 0) is 14.3 Å². The summed E-state index contributed by atoms with van der Waals surface area (Å²) in [4.78, 5) is 52.7. The quantitative estimate of drug-likeness (QED) is 0.132. The van der Waals surface area contributed by atoms with Gasteiger partial charge in [-0.2, -0.15) is 34.1 Å². The molecule has 0 unspecified atom stereocenters. The number of thiol groups is 1.